The molecule has 0 unspecified atom stereocenters. The smallest absolute Gasteiger partial charge is 0.339 e. The number of hydrogen-bond acceptors (Lipinski definition) is 3. The SMILES string of the molecule is Cc1coc2c(C(=O)O)cc(N)cc12. The van der Waals surface area contributed by atoms with Crippen LogP contribution in [0.15, 0.2) is 22.8 Å². The minimum Gasteiger partial charge on any atom is -0.478 e. The van der Waals surface area contributed by atoms with Crippen LogP contribution in [0.3, 0.4) is 0 Å². The Labute approximate surface area is 79.9 Å². The Balaban J connectivity index is 2.88. The largest absolute Gasteiger partial charge is 0.478 e. The molecule has 0 saturated heterocycles. The van der Waals surface area contributed by atoms with E-state index in [2.05, 4.69) is 0 Å². The molecule has 14 heavy (non-hydrogen) atoms. The highest BCUT2D eigenvalue weighted by molar-refractivity contribution is 6.03. The molecule has 0 atom stereocenters. The summed E-state index contributed by atoms with van der Waals surface area (Å²) in [5.41, 5.74) is 7.38. The second-order valence-corrected chi connectivity index (χ2v) is 3.17. The first-order valence-corrected chi connectivity index (χ1v) is 4.10. The zero-order chi connectivity index (χ0) is 10.3. The molecule has 1 aromatic carbocycles. The van der Waals surface area contributed by atoms with Crippen LogP contribution in [0.2, 0.25) is 0 Å². The maximum atomic E-state index is 10.9. The zero-order valence-corrected chi connectivity index (χ0v) is 7.57. The Kier molecular flexibility index (Phi) is 1.70. The number of hydrogen-bond donors (Lipinski definition) is 2. The van der Waals surface area contributed by atoms with Gasteiger partial charge in [0.1, 0.15) is 11.1 Å². The van der Waals surface area contributed by atoms with Crippen molar-refractivity contribution in [2.75, 3.05) is 5.73 Å². The first-order valence-electron chi connectivity index (χ1n) is 4.10. The van der Waals surface area contributed by atoms with E-state index in [9.17, 15) is 4.79 Å². The summed E-state index contributed by atoms with van der Waals surface area (Å²) >= 11 is 0. The van der Waals surface area contributed by atoms with Crippen LogP contribution in [0, 0.1) is 6.92 Å². The third-order valence-electron chi connectivity index (χ3n) is 2.12. The van der Waals surface area contributed by atoms with Gasteiger partial charge >= 0.3 is 5.97 Å². The van der Waals surface area contributed by atoms with E-state index < -0.39 is 5.97 Å². The number of carboxylic acid groups (broad SMARTS) is 1. The Bertz CT molecular complexity index is 513. The molecule has 0 aliphatic heterocycles. The van der Waals surface area contributed by atoms with Gasteiger partial charge in [-0.25, -0.2) is 4.79 Å². The van der Waals surface area contributed by atoms with Gasteiger partial charge in [0.05, 0.1) is 6.26 Å². The molecular weight excluding hydrogens is 182 g/mol. The van der Waals surface area contributed by atoms with Crippen LogP contribution in [0.4, 0.5) is 5.69 Å². The molecule has 0 spiro atoms. The van der Waals surface area contributed by atoms with E-state index >= 15 is 0 Å². The van der Waals surface area contributed by atoms with Gasteiger partial charge < -0.3 is 15.3 Å². The number of rotatable bonds is 1. The quantitative estimate of drug-likeness (QED) is 0.676. The minimum atomic E-state index is -1.03. The summed E-state index contributed by atoms with van der Waals surface area (Å²) < 4.78 is 5.16. The van der Waals surface area contributed by atoms with Crippen LogP contribution in [0.1, 0.15) is 15.9 Å². The van der Waals surface area contributed by atoms with Crippen molar-refractivity contribution in [1.82, 2.24) is 0 Å². The first-order chi connectivity index (χ1) is 6.59. The van der Waals surface area contributed by atoms with Gasteiger partial charge in [0.2, 0.25) is 0 Å². The predicted octanol–water partition coefficient (Wildman–Crippen LogP) is 2.02. The molecule has 0 saturated carbocycles. The number of nitrogen functional groups attached to an aromatic ring is 1. The fourth-order valence-electron chi connectivity index (χ4n) is 1.44. The van der Waals surface area contributed by atoms with Gasteiger partial charge in [0.15, 0.2) is 0 Å². The zero-order valence-electron chi connectivity index (χ0n) is 7.57. The van der Waals surface area contributed by atoms with Crippen molar-refractivity contribution < 1.29 is 14.3 Å². The highest BCUT2D eigenvalue weighted by Gasteiger charge is 2.13. The van der Waals surface area contributed by atoms with E-state index in [0.29, 0.717) is 11.3 Å². The summed E-state index contributed by atoms with van der Waals surface area (Å²) in [6, 6.07) is 3.11. The summed E-state index contributed by atoms with van der Waals surface area (Å²) in [5, 5.41) is 9.65. The number of anilines is 1. The average molecular weight is 191 g/mol. The molecule has 0 bridgehead atoms. The second kappa shape index (κ2) is 2.77. The molecule has 2 rings (SSSR count). The van der Waals surface area contributed by atoms with Crippen LogP contribution in [0.5, 0.6) is 0 Å². The Morgan fingerprint density at radius 1 is 1.50 bits per heavy atom. The van der Waals surface area contributed by atoms with Crippen molar-refractivity contribution in [3.8, 4) is 0 Å². The predicted molar refractivity (Wildman–Crippen MR) is 52.3 cm³/mol. The van der Waals surface area contributed by atoms with Gasteiger partial charge in [0.25, 0.3) is 0 Å². The van der Waals surface area contributed by atoms with E-state index in [1.807, 2.05) is 6.92 Å². The molecule has 4 heteroatoms. The van der Waals surface area contributed by atoms with Gasteiger partial charge in [-0.2, -0.15) is 0 Å². The van der Waals surface area contributed by atoms with E-state index in [-0.39, 0.29) is 5.56 Å². The molecule has 4 nitrogen and oxygen atoms in total. The van der Waals surface area contributed by atoms with Crippen LogP contribution >= 0.6 is 0 Å². The summed E-state index contributed by atoms with van der Waals surface area (Å²) in [6.07, 6.45) is 1.52. The molecule has 0 radical (unpaired) electrons. The third kappa shape index (κ3) is 1.12. The minimum absolute atomic E-state index is 0.105. The highest BCUT2D eigenvalue weighted by Crippen LogP contribution is 2.26. The number of fused-ring (bicyclic) bond motifs is 1. The molecule has 2 aromatic rings. The standard InChI is InChI=1S/C10H9NO3/c1-5-4-14-9-7(5)2-6(11)3-8(9)10(12)13/h2-4H,11H2,1H3,(H,12,13). The molecule has 1 aromatic heterocycles. The third-order valence-corrected chi connectivity index (χ3v) is 2.12. The molecule has 72 valence electrons. The number of carbonyl (C=O) groups is 1. The van der Waals surface area contributed by atoms with Gasteiger partial charge in [0, 0.05) is 11.1 Å². The van der Waals surface area contributed by atoms with E-state index in [1.165, 1.54) is 12.3 Å². The lowest BCUT2D eigenvalue weighted by atomic mass is 10.1. The first kappa shape index (κ1) is 8.62. The van der Waals surface area contributed by atoms with Crippen molar-refractivity contribution in [2.24, 2.45) is 0 Å². The summed E-state index contributed by atoms with van der Waals surface area (Å²) in [7, 11) is 0. The van der Waals surface area contributed by atoms with E-state index in [4.69, 9.17) is 15.3 Å². The summed E-state index contributed by atoms with van der Waals surface area (Å²) in [5.74, 6) is -1.03. The molecule has 0 aliphatic rings. The molecular formula is C10H9NO3. The van der Waals surface area contributed by atoms with Crippen LogP contribution in [0.25, 0.3) is 11.0 Å². The van der Waals surface area contributed by atoms with Crippen molar-refractivity contribution in [2.45, 2.75) is 6.92 Å². The second-order valence-electron chi connectivity index (χ2n) is 3.17. The van der Waals surface area contributed by atoms with E-state index in [0.717, 1.165) is 10.9 Å². The number of carboxylic acids is 1. The fraction of sp³-hybridized carbons (Fsp3) is 0.100. The van der Waals surface area contributed by atoms with Crippen molar-refractivity contribution >= 4 is 22.6 Å². The monoisotopic (exact) mass is 191 g/mol. The lowest BCUT2D eigenvalue weighted by Crippen LogP contribution is -1.98. The number of benzene rings is 1. The Hall–Kier alpha value is -1.97. The summed E-state index contributed by atoms with van der Waals surface area (Å²) in [6.45, 7) is 1.84. The van der Waals surface area contributed by atoms with E-state index in [1.54, 1.807) is 6.07 Å². The number of nitrogens with two attached hydrogens (primary N) is 1. The molecule has 1 heterocycles. The lowest BCUT2D eigenvalue weighted by Gasteiger charge is -1.98. The Morgan fingerprint density at radius 3 is 2.86 bits per heavy atom. The average Bonchev–Trinajstić information content (AvgIpc) is 2.47. The normalized spacial score (nSPS) is 10.6. The molecule has 0 amide bonds. The number of aromatic carboxylic acids is 1. The maximum Gasteiger partial charge on any atom is 0.339 e. The Morgan fingerprint density at radius 2 is 2.21 bits per heavy atom. The van der Waals surface area contributed by atoms with Crippen LogP contribution in [-0.2, 0) is 0 Å². The lowest BCUT2D eigenvalue weighted by molar-refractivity contribution is 0.0698. The van der Waals surface area contributed by atoms with Crippen LogP contribution in [-0.4, -0.2) is 11.1 Å². The molecule has 0 aliphatic carbocycles. The van der Waals surface area contributed by atoms with Gasteiger partial charge in [-0.15, -0.1) is 0 Å². The van der Waals surface area contributed by atoms with Gasteiger partial charge in [-0.05, 0) is 24.6 Å². The molecule has 3 N–H and O–H groups in total. The van der Waals surface area contributed by atoms with Gasteiger partial charge in [-0.1, -0.05) is 0 Å². The fourth-order valence-corrected chi connectivity index (χ4v) is 1.44. The summed E-state index contributed by atoms with van der Waals surface area (Å²) in [4.78, 5) is 10.9. The number of furan rings is 1. The number of aryl methyl sites for hydroxylation is 1. The topological polar surface area (TPSA) is 76.5 Å². The highest BCUT2D eigenvalue weighted by atomic mass is 16.4. The van der Waals surface area contributed by atoms with Gasteiger partial charge in [-0.3, -0.25) is 0 Å². The van der Waals surface area contributed by atoms with Crippen molar-refractivity contribution in [1.29, 1.82) is 0 Å². The maximum absolute atomic E-state index is 10.9. The van der Waals surface area contributed by atoms with Crippen LogP contribution < -0.4 is 5.73 Å². The molecule has 0 fully saturated rings. The van der Waals surface area contributed by atoms with Crippen molar-refractivity contribution in [3.05, 3.63) is 29.5 Å². The van der Waals surface area contributed by atoms with Crippen molar-refractivity contribution in [3.63, 3.8) is 0 Å².